The van der Waals surface area contributed by atoms with Crippen LogP contribution in [0.1, 0.15) is 10.4 Å². The quantitative estimate of drug-likeness (QED) is 0.812. The summed E-state index contributed by atoms with van der Waals surface area (Å²) in [4.78, 5) is 11.8. The highest BCUT2D eigenvalue weighted by Crippen LogP contribution is 2.22. The Hall–Kier alpha value is -1.62. The van der Waals surface area contributed by atoms with Gasteiger partial charge < -0.3 is 9.30 Å². The summed E-state index contributed by atoms with van der Waals surface area (Å²) >= 11 is 3.22. The molecule has 0 spiro atoms. The van der Waals surface area contributed by atoms with Crippen LogP contribution in [0.15, 0.2) is 41.1 Å². The number of carbonyl (C=O) groups is 1. The average molecular weight is 312 g/mol. The molecular formula is C13H11BrFNO2. The number of halogens is 2. The largest absolute Gasteiger partial charge is 0.482 e. The van der Waals surface area contributed by atoms with E-state index in [4.69, 9.17) is 4.74 Å². The van der Waals surface area contributed by atoms with Crippen LogP contribution in [0.25, 0.3) is 0 Å². The van der Waals surface area contributed by atoms with Crippen molar-refractivity contribution in [3.63, 3.8) is 0 Å². The van der Waals surface area contributed by atoms with E-state index in [0.29, 0.717) is 10.0 Å². The van der Waals surface area contributed by atoms with Crippen molar-refractivity contribution in [3.8, 4) is 5.75 Å². The summed E-state index contributed by atoms with van der Waals surface area (Å²) in [6.45, 7) is -0.183. The van der Waals surface area contributed by atoms with Crippen molar-refractivity contribution in [1.29, 1.82) is 0 Å². The van der Waals surface area contributed by atoms with Crippen LogP contribution in [0, 0.1) is 5.82 Å². The summed E-state index contributed by atoms with van der Waals surface area (Å²) in [6.07, 6.45) is 3.47. The van der Waals surface area contributed by atoms with Crippen LogP contribution in [0.2, 0.25) is 0 Å². The van der Waals surface area contributed by atoms with Crippen molar-refractivity contribution in [2.24, 2.45) is 7.05 Å². The Morgan fingerprint density at radius 2 is 2.22 bits per heavy atom. The summed E-state index contributed by atoms with van der Waals surface area (Å²) in [5.74, 6) is -0.609. The number of aromatic nitrogens is 1. The van der Waals surface area contributed by atoms with E-state index in [-0.39, 0.29) is 18.1 Å². The molecule has 1 heterocycles. The van der Waals surface area contributed by atoms with Crippen molar-refractivity contribution < 1.29 is 13.9 Å². The minimum Gasteiger partial charge on any atom is -0.482 e. The van der Waals surface area contributed by atoms with Gasteiger partial charge in [0, 0.05) is 29.5 Å². The van der Waals surface area contributed by atoms with Gasteiger partial charge in [-0.25, -0.2) is 4.39 Å². The summed E-state index contributed by atoms with van der Waals surface area (Å²) in [5.41, 5.74) is 0.549. The highest BCUT2D eigenvalue weighted by Gasteiger charge is 2.10. The maximum Gasteiger partial charge on any atom is 0.201 e. The molecule has 1 aromatic carbocycles. The minimum absolute atomic E-state index is 0.0636. The van der Waals surface area contributed by atoms with E-state index in [1.807, 2.05) is 7.05 Å². The molecule has 0 aliphatic rings. The topological polar surface area (TPSA) is 31.2 Å². The monoisotopic (exact) mass is 311 g/mol. The number of aryl methyl sites for hydroxylation is 1. The smallest absolute Gasteiger partial charge is 0.201 e. The number of Topliss-reactive ketones (excluding diaryl/α,β-unsaturated/α-hetero) is 1. The van der Waals surface area contributed by atoms with Crippen LogP contribution in [-0.4, -0.2) is 17.0 Å². The lowest BCUT2D eigenvalue weighted by atomic mass is 10.2. The van der Waals surface area contributed by atoms with E-state index >= 15 is 0 Å². The Balaban J connectivity index is 2.03. The average Bonchev–Trinajstić information content (AvgIpc) is 2.77. The molecule has 18 heavy (non-hydrogen) atoms. The normalized spacial score (nSPS) is 10.4. The van der Waals surface area contributed by atoms with Gasteiger partial charge in [-0.3, -0.25) is 4.79 Å². The molecule has 0 unspecified atom stereocenters. The van der Waals surface area contributed by atoms with Crippen LogP contribution >= 0.6 is 15.9 Å². The maximum absolute atomic E-state index is 13.4. The maximum atomic E-state index is 13.4. The van der Waals surface area contributed by atoms with Gasteiger partial charge in [0.2, 0.25) is 5.78 Å². The SMILES string of the molecule is Cn1ccc(C(=O)COc2cc(Br)ccc2F)c1. The molecule has 0 saturated heterocycles. The second kappa shape index (κ2) is 5.35. The fourth-order valence-electron chi connectivity index (χ4n) is 1.48. The van der Waals surface area contributed by atoms with E-state index in [0.717, 1.165) is 0 Å². The number of carbonyl (C=O) groups excluding carboxylic acids is 1. The first-order valence-corrected chi connectivity index (χ1v) is 6.08. The second-order valence-electron chi connectivity index (χ2n) is 3.85. The molecule has 0 bridgehead atoms. The lowest BCUT2D eigenvalue weighted by Gasteiger charge is -2.06. The van der Waals surface area contributed by atoms with Crippen molar-refractivity contribution in [3.05, 3.63) is 52.5 Å². The van der Waals surface area contributed by atoms with Crippen molar-refractivity contribution in [2.75, 3.05) is 6.61 Å². The first-order valence-electron chi connectivity index (χ1n) is 5.29. The third-order valence-corrected chi connectivity index (χ3v) is 2.90. The van der Waals surface area contributed by atoms with E-state index in [1.165, 1.54) is 12.1 Å². The number of rotatable bonds is 4. The van der Waals surface area contributed by atoms with E-state index in [1.54, 1.807) is 29.1 Å². The fourth-order valence-corrected chi connectivity index (χ4v) is 1.82. The lowest BCUT2D eigenvalue weighted by molar-refractivity contribution is 0.0918. The third kappa shape index (κ3) is 2.98. The Morgan fingerprint density at radius 3 is 2.89 bits per heavy atom. The first-order chi connectivity index (χ1) is 8.56. The lowest BCUT2D eigenvalue weighted by Crippen LogP contribution is -2.11. The molecule has 1 aromatic heterocycles. The fraction of sp³-hybridized carbons (Fsp3) is 0.154. The second-order valence-corrected chi connectivity index (χ2v) is 4.77. The molecule has 3 nitrogen and oxygen atoms in total. The molecule has 0 aliphatic carbocycles. The van der Waals surface area contributed by atoms with Gasteiger partial charge in [0.15, 0.2) is 18.2 Å². The van der Waals surface area contributed by atoms with Gasteiger partial charge in [-0.15, -0.1) is 0 Å². The van der Waals surface area contributed by atoms with E-state index in [2.05, 4.69) is 15.9 Å². The molecule has 2 rings (SSSR count). The highest BCUT2D eigenvalue weighted by molar-refractivity contribution is 9.10. The van der Waals surface area contributed by atoms with Crippen LogP contribution < -0.4 is 4.74 Å². The van der Waals surface area contributed by atoms with Crippen molar-refractivity contribution in [1.82, 2.24) is 4.57 Å². The summed E-state index contributed by atoms with van der Waals surface area (Å²) < 4.78 is 21.0. The summed E-state index contributed by atoms with van der Waals surface area (Å²) in [6, 6.07) is 6.05. The number of ketones is 1. The molecule has 0 amide bonds. The predicted octanol–water partition coefficient (Wildman–Crippen LogP) is 3.19. The van der Waals surface area contributed by atoms with Crippen molar-refractivity contribution in [2.45, 2.75) is 0 Å². The van der Waals surface area contributed by atoms with Gasteiger partial charge in [-0.05, 0) is 24.3 Å². The van der Waals surface area contributed by atoms with Gasteiger partial charge in [0.25, 0.3) is 0 Å². The van der Waals surface area contributed by atoms with Crippen molar-refractivity contribution >= 4 is 21.7 Å². The van der Waals surface area contributed by atoms with E-state index in [9.17, 15) is 9.18 Å². The number of nitrogens with zero attached hydrogens (tertiary/aromatic N) is 1. The molecule has 0 N–H and O–H groups in total. The molecule has 94 valence electrons. The standard InChI is InChI=1S/C13H11BrFNO2/c1-16-5-4-9(7-16)12(17)8-18-13-6-10(14)2-3-11(13)15/h2-7H,8H2,1H3. The first kappa shape index (κ1) is 12.8. The zero-order valence-electron chi connectivity index (χ0n) is 9.69. The van der Waals surface area contributed by atoms with Crippen LogP contribution in [0.3, 0.4) is 0 Å². The summed E-state index contributed by atoms with van der Waals surface area (Å²) in [7, 11) is 1.83. The van der Waals surface area contributed by atoms with Crippen LogP contribution in [0.4, 0.5) is 4.39 Å². The molecule has 0 fully saturated rings. The van der Waals surface area contributed by atoms with Gasteiger partial charge in [0.1, 0.15) is 0 Å². The predicted molar refractivity (Wildman–Crippen MR) is 69.3 cm³/mol. The number of hydrogen-bond donors (Lipinski definition) is 0. The Morgan fingerprint density at radius 1 is 1.44 bits per heavy atom. The summed E-state index contributed by atoms with van der Waals surface area (Å²) in [5, 5.41) is 0. The van der Waals surface area contributed by atoms with Gasteiger partial charge in [0.05, 0.1) is 0 Å². The molecular weight excluding hydrogens is 301 g/mol. The molecule has 0 radical (unpaired) electrons. The number of hydrogen-bond acceptors (Lipinski definition) is 2. The highest BCUT2D eigenvalue weighted by atomic mass is 79.9. The molecule has 0 aliphatic heterocycles. The zero-order valence-corrected chi connectivity index (χ0v) is 11.3. The minimum atomic E-state index is -0.487. The van der Waals surface area contributed by atoms with E-state index < -0.39 is 5.82 Å². The van der Waals surface area contributed by atoms with Crippen LogP contribution in [0.5, 0.6) is 5.75 Å². The zero-order chi connectivity index (χ0) is 13.1. The molecule has 5 heteroatoms. The molecule has 0 atom stereocenters. The van der Waals surface area contributed by atoms with Gasteiger partial charge >= 0.3 is 0 Å². The Bertz CT molecular complexity index is 580. The Labute approximate surface area is 112 Å². The number of benzene rings is 1. The number of ether oxygens (including phenoxy) is 1. The molecule has 0 saturated carbocycles. The third-order valence-electron chi connectivity index (χ3n) is 2.41. The van der Waals surface area contributed by atoms with Gasteiger partial charge in [-0.2, -0.15) is 0 Å². The molecule has 2 aromatic rings. The van der Waals surface area contributed by atoms with Gasteiger partial charge in [-0.1, -0.05) is 15.9 Å². The van der Waals surface area contributed by atoms with Crippen LogP contribution in [-0.2, 0) is 7.05 Å². The Kier molecular flexibility index (Phi) is 3.81.